The van der Waals surface area contributed by atoms with Gasteiger partial charge in [-0.15, -0.1) is 0 Å². The summed E-state index contributed by atoms with van der Waals surface area (Å²) in [7, 11) is 0. The topological polar surface area (TPSA) is 74.6 Å². The molecule has 1 spiro atoms. The Balaban J connectivity index is 1.71. The van der Waals surface area contributed by atoms with Crippen molar-refractivity contribution in [2.24, 2.45) is 39.9 Å². The van der Waals surface area contributed by atoms with Gasteiger partial charge in [-0.2, -0.15) is 0 Å². The van der Waals surface area contributed by atoms with E-state index in [9.17, 15) is 19.8 Å². The zero-order chi connectivity index (χ0) is 17.3. The molecule has 4 aliphatic rings. The summed E-state index contributed by atoms with van der Waals surface area (Å²) in [5, 5.41) is 19.5. The van der Waals surface area contributed by atoms with Gasteiger partial charge in [0.15, 0.2) is 0 Å². The molecule has 7 atom stereocenters. The van der Waals surface area contributed by atoms with Gasteiger partial charge in [0.1, 0.15) is 0 Å². The van der Waals surface area contributed by atoms with Crippen LogP contribution >= 0.6 is 0 Å². The number of aliphatic carboxylic acids is 2. The van der Waals surface area contributed by atoms with Crippen molar-refractivity contribution < 1.29 is 19.8 Å². The second-order valence-corrected chi connectivity index (χ2v) is 9.78. The summed E-state index contributed by atoms with van der Waals surface area (Å²) in [4.78, 5) is 23.7. The predicted octanol–water partition coefficient (Wildman–Crippen LogP) is 4.18. The zero-order valence-electron chi connectivity index (χ0n) is 14.9. The fourth-order valence-electron chi connectivity index (χ4n) is 7.99. The molecular weight excluding hydrogens is 304 g/mol. The standard InChI is InChI=1S/C20H30O4/c1-18-7-3-8-19(2,17(23)24)14(18)6-9-20-10-12(4-5-15(18)20)13(11-20)16(21)22/h12-15H,3-11H2,1-2H3,(H,21,22)(H,23,24)/t12-,13?,14+,15+,18-,19-,20+/m1/s1. The van der Waals surface area contributed by atoms with Gasteiger partial charge in [-0.25, -0.2) is 0 Å². The summed E-state index contributed by atoms with van der Waals surface area (Å²) >= 11 is 0. The third-order valence-electron chi connectivity index (χ3n) is 8.94. The van der Waals surface area contributed by atoms with Crippen LogP contribution in [-0.2, 0) is 9.59 Å². The lowest BCUT2D eigenvalue weighted by atomic mass is 9.41. The molecule has 0 radical (unpaired) electrons. The maximum atomic E-state index is 12.1. The van der Waals surface area contributed by atoms with Crippen molar-refractivity contribution >= 4 is 11.9 Å². The molecule has 1 unspecified atom stereocenters. The Hall–Kier alpha value is -1.06. The van der Waals surface area contributed by atoms with Crippen molar-refractivity contribution in [1.82, 2.24) is 0 Å². The van der Waals surface area contributed by atoms with Gasteiger partial charge in [0, 0.05) is 0 Å². The second kappa shape index (κ2) is 4.98. The lowest BCUT2D eigenvalue weighted by molar-refractivity contribution is -0.181. The van der Waals surface area contributed by atoms with Gasteiger partial charge < -0.3 is 10.2 Å². The smallest absolute Gasteiger partial charge is 0.309 e. The van der Waals surface area contributed by atoms with Crippen LogP contribution in [0.3, 0.4) is 0 Å². The lowest BCUT2D eigenvalue weighted by Crippen LogP contribution is -2.58. The molecule has 0 heterocycles. The molecule has 4 heteroatoms. The molecule has 0 aromatic heterocycles. The fraction of sp³-hybridized carbons (Fsp3) is 0.900. The summed E-state index contributed by atoms with van der Waals surface area (Å²) in [5.41, 5.74) is -0.355. The van der Waals surface area contributed by atoms with E-state index >= 15 is 0 Å². The van der Waals surface area contributed by atoms with Crippen LogP contribution in [-0.4, -0.2) is 22.2 Å². The highest BCUT2D eigenvalue weighted by Gasteiger charge is 2.66. The van der Waals surface area contributed by atoms with Crippen molar-refractivity contribution in [3.63, 3.8) is 0 Å². The van der Waals surface area contributed by atoms with Crippen LogP contribution in [0.2, 0.25) is 0 Å². The highest BCUT2D eigenvalue weighted by Crippen LogP contribution is 2.72. The van der Waals surface area contributed by atoms with Crippen LogP contribution in [0.15, 0.2) is 0 Å². The number of carboxylic acids is 2. The van der Waals surface area contributed by atoms with Gasteiger partial charge in [-0.3, -0.25) is 9.59 Å². The second-order valence-electron chi connectivity index (χ2n) is 9.78. The Morgan fingerprint density at radius 2 is 1.67 bits per heavy atom. The molecule has 4 fully saturated rings. The first kappa shape index (κ1) is 16.4. The molecule has 4 rings (SSSR count). The molecule has 0 aromatic rings. The first-order chi connectivity index (χ1) is 11.2. The Bertz CT molecular complexity index is 586. The molecule has 134 valence electrons. The van der Waals surface area contributed by atoms with Crippen LogP contribution in [0, 0.1) is 39.9 Å². The molecule has 0 aliphatic heterocycles. The number of rotatable bonds is 2. The van der Waals surface area contributed by atoms with Crippen molar-refractivity contribution in [3.8, 4) is 0 Å². The zero-order valence-corrected chi connectivity index (χ0v) is 14.9. The Morgan fingerprint density at radius 1 is 0.917 bits per heavy atom. The Labute approximate surface area is 144 Å². The molecule has 0 saturated heterocycles. The normalized spacial score (nSPS) is 53.1. The van der Waals surface area contributed by atoms with Crippen molar-refractivity contribution in [2.75, 3.05) is 0 Å². The minimum absolute atomic E-state index is 0.0714. The van der Waals surface area contributed by atoms with Crippen LogP contribution in [0.1, 0.15) is 71.6 Å². The lowest BCUT2D eigenvalue weighted by Gasteiger charge is -2.63. The molecule has 24 heavy (non-hydrogen) atoms. The maximum absolute atomic E-state index is 12.1. The Kier molecular flexibility index (Phi) is 3.41. The number of carbonyl (C=O) groups is 2. The molecule has 0 amide bonds. The number of hydrogen-bond donors (Lipinski definition) is 2. The highest BCUT2D eigenvalue weighted by molar-refractivity contribution is 5.75. The van der Waals surface area contributed by atoms with Crippen LogP contribution < -0.4 is 0 Å². The van der Waals surface area contributed by atoms with Crippen molar-refractivity contribution in [3.05, 3.63) is 0 Å². The van der Waals surface area contributed by atoms with E-state index < -0.39 is 17.4 Å². The quantitative estimate of drug-likeness (QED) is 0.794. The van der Waals surface area contributed by atoms with E-state index in [1.807, 2.05) is 6.92 Å². The van der Waals surface area contributed by atoms with Crippen molar-refractivity contribution in [1.29, 1.82) is 0 Å². The summed E-state index contributed by atoms with van der Waals surface area (Å²) < 4.78 is 0. The number of hydrogen-bond acceptors (Lipinski definition) is 2. The summed E-state index contributed by atoms with van der Waals surface area (Å²) in [6.45, 7) is 4.31. The largest absolute Gasteiger partial charge is 0.481 e. The molecule has 0 aromatic carbocycles. The first-order valence-corrected chi connectivity index (χ1v) is 9.69. The van der Waals surface area contributed by atoms with E-state index in [-0.39, 0.29) is 22.7 Å². The highest BCUT2D eigenvalue weighted by atomic mass is 16.4. The summed E-state index contributed by atoms with van der Waals surface area (Å²) in [6.07, 6.45) is 8.96. The number of fused-ring (bicyclic) bond motifs is 3. The van der Waals surface area contributed by atoms with Gasteiger partial charge in [-0.1, -0.05) is 13.3 Å². The van der Waals surface area contributed by atoms with E-state index in [1.54, 1.807) is 0 Å². The third kappa shape index (κ3) is 1.91. The third-order valence-corrected chi connectivity index (χ3v) is 8.94. The monoisotopic (exact) mass is 334 g/mol. The fourth-order valence-corrected chi connectivity index (χ4v) is 7.99. The van der Waals surface area contributed by atoms with Gasteiger partial charge in [-0.05, 0) is 86.9 Å². The van der Waals surface area contributed by atoms with E-state index in [1.165, 1.54) is 0 Å². The molecule has 4 saturated carbocycles. The van der Waals surface area contributed by atoms with E-state index in [4.69, 9.17) is 0 Å². The average molecular weight is 334 g/mol. The molecule has 2 bridgehead atoms. The van der Waals surface area contributed by atoms with Crippen LogP contribution in [0.4, 0.5) is 0 Å². The minimum atomic E-state index is -0.627. The molecule has 4 aliphatic carbocycles. The van der Waals surface area contributed by atoms with Crippen LogP contribution in [0.5, 0.6) is 0 Å². The van der Waals surface area contributed by atoms with Gasteiger partial charge in [0.25, 0.3) is 0 Å². The van der Waals surface area contributed by atoms with E-state index in [2.05, 4.69) is 6.92 Å². The van der Waals surface area contributed by atoms with Crippen LogP contribution in [0.25, 0.3) is 0 Å². The Morgan fingerprint density at radius 3 is 2.33 bits per heavy atom. The molecule has 2 N–H and O–H groups in total. The molecular formula is C20H30O4. The SMILES string of the molecule is C[C@@]12CCC[C@@](C)(C(=O)O)[C@H]1CC[C@]13CC(C(=O)O)[C@H](CC[C@H]12)C3. The van der Waals surface area contributed by atoms with E-state index in [0.717, 1.165) is 57.8 Å². The number of carboxylic acid groups (broad SMARTS) is 2. The van der Waals surface area contributed by atoms with Gasteiger partial charge in [0.05, 0.1) is 11.3 Å². The predicted molar refractivity (Wildman–Crippen MR) is 89.4 cm³/mol. The molecule has 4 nitrogen and oxygen atoms in total. The van der Waals surface area contributed by atoms with Crippen molar-refractivity contribution in [2.45, 2.75) is 71.6 Å². The van der Waals surface area contributed by atoms with Gasteiger partial charge >= 0.3 is 11.9 Å². The van der Waals surface area contributed by atoms with Gasteiger partial charge in [0.2, 0.25) is 0 Å². The first-order valence-electron chi connectivity index (χ1n) is 9.69. The van der Waals surface area contributed by atoms with E-state index in [0.29, 0.717) is 11.8 Å². The average Bonchev–Trinajstić information content (AvgIpc) is 2.78. The summed E-state index contributed by atoms with van der Waals surface area (Å²) in [5.74, 6) is -0.282. The summed E-state index contributed by atoms with van der Waals surface area (Å²) in [6, 6.07) is 0. The minimum Gasteiger partial charge on any atom is -0.481 e. The maximum Gasteiger partial charge on any atom is 0.309 e.